The second-order valence-electron chi connectivity index (χ2n) is 6.39. The molecule has 20 heavy (non-hydrogen) atoms. The van der Waals surface area contributed by atoms with Crippen molar-refractivity contribution in [3.8, 4) is 0 Å². The minimum Gasteiger partial charge on any atom is -0.380 e. The number of alkyl halides is 3. The summed E-state index contributed by atoms with van der Waals surface area (Å²) in [6.07, 6.45) is -2.73. The van der Waals surface area contributed by atoms with Gasteiger partial charge in [-0.05, 0) is 38.0 Å². The van der Waals surface area contributed by atoms with Gasteiger partial charge in [-0.1, -0.05) is 0 Å². The molecule has 3 N–H and O–H groups in total. The molecule has 1 saturated heterocycles. The minimum atomic E-state index is -4.64. The van der Waals surface area contributed by atoms with E-state index in [9.17, 15) is 23.1 Å². The summed E-state index contributed by atoms with van der Waals surface area (Å²) in [5.74, 6) is 0.331. The molecule has 0 aromatic carbocycles. The topological polar surface area (TPSA) is 61.4 Å². The summed E-state index contributed by atoms with van der Waals surface area (Å²) < 4.78 is 38.5. The van der Waals surface area contributed by atoms with E-state index in [4.69, 9.17) is 0 Å². The maximum absolute atomic E-state index is 12.8. The van der Waals surface area contributed by atoms with Crippen LogP contribution >= 0.6 is 0 Å². The Morgan fingerprint density at radius 2 is 2.10 bits per heavy atom. The Labute approximate surface area is 115 Å². The Hall–Kier alpha value is -0.820. The summed E-state index contributed by atoms with van der Waals surface area (Å²) >= 11 is 0. The average Bonchev–Trinajstić information content (AvgIpc) is 2.95. The second-order valence-corrected chi connectivity index (χ2v) is 6.39. The van der Waals surface area contributed by atoms with Gasteiger partial charge in [0.1, 0.15) is 0 Å². The maximum atomic E-state index is 12.8. The number of aliphatic hydroxyl groups is 1. The van der Waals surface area contributed by atoms with Crippen LogP contribution in [-0.2, 0) is 4.79 Å². The number of amides is 1. The van der Waals surface area contributed by atoms with Crippen LogP contribution in [0.15, 0.2) is 0 Å². The van der Waals surface area contributed by atoms with Crippen LogP contribution in [0.4, 0.5) is 13.2 Å². The van der Waals surface area contributed by atoms with Crippen LogP contribution in [0.3, 0.4) is 0 Å². The molecule has 2 saturated carbocycles. The van der Waals surface area contributed by atoms with Crippen molar-refractivity contribution in [1.82, 2.24) is 10.6 Å². The van der Waals surface area contributed by atoms with Crippen molar-refractivity contribution in [2.75, 3.05) is 0 Å². The number of carbonyl (C=O) groups is 1. The first-order valence-electron chi connectivity index (χ1n) is 7.14. The largest absolute Gasteiger partial charge is 0.417 e. The van der Waals surface area contributed by atoms with Crippen LogP contribution in [0.2, 0.25) is 0 Å². The molecular weight excluding hydrogens is 273 g/mol. The van der Waals surface area contributed by atoms with E-state index in [1.54, 1.807) is 0 Å². The van der Waals surface area contributed by atoms with E-state index in [0.717, 1.165) is 12.8 Å². The molecule has 7 heteroatoms. The molecule has 3 aliphatic rings. The number of fused-ring (bicyclic) bond motifs is 1. The van der Waals surface area contributed by atoms with Gasteiger partial charge in [0.05, 0.1) is 6.04 Å². The molecule has 2 aliphatic carbocycles. The first-order valence-corrected chi connectivity index (χ1v) is 7.14. The van der Waals surface area contributed by atoms with Crippen LogP contribution in [0.5, 0.6) is 0 Å². The summed E-state index contributed by atoms with van der Waals surface area (Å²) in [5.41, 5.74) is -2.66. The lowest BCUT2D eigenvalue weighted by atomic mass is 9.81. The Morgan fingerprint density at radius 1 is 1.35 bits per heavy atom. The fourth-order valence-electron chi connectivity index (χ4n) is 3.46. The number of hydrogen-bond donors (Lipinski definition) is 3. The van der Waals surface area contributed by atoms with Gasteiger partial charge in [0.15, 0.2) is 5.60 Å². The van der Waals surface area contributed by atoms with Crippen LogP contribution in [-0.4, -0.2) is 40.9 Å². The third kappa shape index (κ3) is 2.53. The molecule has 1 heterocycles. The van der Waals surface area contributed by atoms with Gasteiger partial charge in [0, 0.05) is 18.5 Å². The molecule has 0 bridgehead atoms. The minimum absolute atomic E-state index is 0.228. The fourth-order valence-corrected chi connectivity index (χ4v) is 3.46. The van der Waals surface area contributed by atoms with Crippen LogP contribution < -0.4 is 10.6 Å². The zero-order chi connectivity index (χ0) is 14.5. The lowest BCUT2D eigenvalue weighted by Gasteiger charge is -2.38. The summed E-state index contributed by atoms with van der Waals surface area (Å²) in [7, 11) is 0. The highest BCUT2D eigenvalue weighted by atomic mass is 19.4. The molecule has 5 unspecified atom stereocenters. The lowest BCUT2D eigenvalue weighted by molar-refractivity contribution is -0.271. The Balaban J connectivity index is 1.56. The number of nitrogens with one attached hydrogen (secondary N) is 2. The van der Waals surface area contributed by atoms with E-state index in [-0.39, 0.29) is 24.8 Å². The highest BCUT2D eigenvalue weighted by Gasteiger charge is 2.56. The molecule has 5 atom stereocenters. The van der Waals surface area contributed by atoms with Gasteiger partial charge in [0.25, 0.3) is 0 Å². The number of piperidine rings is 1. The zero-order valence-electron chi connectivity index (χ0n) is 11.0. The predicted molar refractivity (Wildman–Crippen MR) is 64.8 cm³/mol. The molecule has 114 valence electrons. The van der Waals surface area contributed by atoms with Crippen LogP contribution in [0.1, 0.15) is 38.5 Å². The van der Waals surface area contributed by atoms with Crippen LogP contribution in [0.25, 0.3) is 0 Å². The third-order valence-corrected chi connectivity index (χ3v) is 4.79. The summed E-state index contributed by atoms with van der Waals surface area (Å²) in [4.78, 5) is 12.0. The van der Waals surface area contributed by atoms with Crippen molar-refractivity contribution in [3.63, 3.8) is 0 Å². The normalized spacial score (nSPS) is 44.0. The quantitative estimate of drug-likeness (QED) is 0.714. The van der Waals surface area contributed by atoms with Crippen molar-refractivity contribution in [1.29, 1.82) is 0 Å². The van der Waals surface area contributed by atoms with Gasteiger partial charge in [-0.2, -0.15) is 13.2 Å². The molecular formula is C13H19F3N2O2. The molecule has 3 fully saturated rings. The van der Waals surface area contributed by atoms with E-state index in [1.165, 1.54) is 0 Å². The van der Waals surface area contributed by atoms with Gasteiger partial charge in [0.2, 0.25) is 5.91 Å². The molecule has 0 radical (unpaired) electrons. The van der Waals surface area contributed by atoms with Crippen molar-refractivity contribution < 1.29 is 23.1 Å². The number of rotatable bonds is 2. The molecule has 3 rings (SSSR count). The van der Waals surface area contributed by atoms with Gasteiger partial charge >= 0.3 is 6.18 Å². The lowest BCUT2D eigenvalue weighted by Crippen LogP contribution is -2.55. The Kier molecular flexibility index (Phi) is 3.25. The number of hydrogen-bond acceptors (Lipinski definition) is 3. The summed E-state index contributed by atoms with van der Waals surface area (Å²) in [6, 6.07) is -0.453. The van der Waals surface area contributed by atoms with Crippen molar-refractivity contribution >= 4 is 5.91 Å². The molecule has 1 aliphatic heterocycles. The standard InChI is InChI=1S/C13H19F3N2O2/c14-13(15,16)12(20)3-1-2-8(6-12)17-11(19)10-5-7-4-9(7)18-10/h7-10,18,20H,1-6H2,(H,17,19). The fraction of sp³-hybridized carbons (Fsp3) is 0.923. The molecule has 0 spiro atoms. The number of carbonyl (C=O) groups excluding carboxylic acids is 1. The van der Waals surface area contributed by atoms with E-state index < -0.39 is 24.2 Å². The highest BCUT2D eigenvalue weighted by molar-refractivity contribution is 5.82. The molecule has 0 aromatic heterocycles. The summed E-state index contributed by atoms with van der Waals surface area (Å²) in [5, 5.41) is 15.6. The van der Waals surface area contributed by atoms with Gasteiger partial charge in [-0.3, -0.25) is 4.79 Å². The predicted octanol–water partition coefficient (Wildman–Crippen LogP) is 1.09. The second kappa shape index (κ2) is 4.59. The first kappa shape index (κ1) is 14.1. The van der Waals surface area contributed by atoms with E-state index in [1.807, 2.05) is 0 Å². The number of halogens is 3. The molecule has 0 aromatic rings. The van der Waals surface area contributed by atoms with E-state index in [0.29, 0.717) is 18.4 Å². The monoisotopic (exact) mass is 292 g/mol. The highest BCUT2D eigenvalue weighted by Crippen LogP contribution is 2.42. The van der Waals surface area contributed by atoms with Gasteiger partial charge < -0.3 is 15.7 Å². The van der Waals surface area contributed by atoms with E-state index >= 15 is 0 Å². The smallest absolute Gasteiger partial charge is 0.380 e. The van der Waals surface area contributed by atoms with E-state index in [2.05, 4.69) is 10.6 Å². The molecule has 1 amide bonds. The van der Waals surface area contributed by atoms with Crippen LogP contribution in [0, 0.1) is 5.92 Å². The first-order chi connectivity index (χ1) is 9.28. The SMILES string of the molecule is O=C(NC1CCCC(O)(C(F)(F)F)C1)C1CC2CC2N1. The maximum Gasteiger partial charge on any atom is 0.417 e. The van der Waals surface area contributed by atoms with Gasteiger partial charge in [-0.15, -0.1) is 0 Å². The van der Waals surface area contributed by atoms with Crippen molar-refractivity contribution in [3.05, 3.63) is 0 Å². The third-order valence-electron chi connectivity index (χ3n) is 4.79. The Morgan fingerprint density at radius 3 is 2.70 bits per heavy atom. The zero-order valence-corrected chi connectivity index (χ0v) is 11.0. The summed E-state index contributed by atoms with van der Waals surface area (Å²) in [6.45, 7) is 0. The molecule has 4 nitrogen and oxygen atoms in total. The Bertz CT molecular complexity index is 405. The average molecular weight is 292 g/mol. The van der Waals surface area contributed by atoms with Crippen molar-refractivity contribution in [2.24, 2.45) is 5.92 Å². The van der Waals surface area contributed by atoms with Crippen molar-refractivity contribution in [2.45, 2.75) is 68.4 Å². The van der Waals surface area contributed by atoms with Gasteiger partial charge in [-0.25, -0.2) is 0 Å².